The minimum atomic E-state index is 0. The smallest absolute Gasteiger partial charge is 0.191 e. The molecule has 0 aliphatic heterocycles. The first-order chi connectivity index (χ1) is 10.2. The van der Waals surface area contributed by atoms with E-state index in [1.807, 2.05) is 32.0 Å². The van der Waals surface area contributed by atoms with E-state index in [0.29, 0.717) is 31.3 Å². The third-order valence-electron chi connectivity index (χ3n) is 2.68. The van der Waals surface area contributed by atoms with Crippen LogP contribution in [0.15, 0.2) is 23.2 Å². The molecule has 0 heterocycles. The van der Waals surface area contributed by atoms with Crippen LogP contribution in [-0.2, 0) is 11.3 Å². The van der Waals surface area contributed by atoms with E-state index in [4.69, 9.17) is 21.1 Å². The average molecular weight is 442 g/mol. The van der Waals surface area contributed by atoms with Gasteiger partial charge in [0.15, 0.2) is 5.96 Å². The lowest BCUT2D eigenvalue weighted by Gasteiger charge is -2.12. The number of rotatable bonds is 8. The lowest BCUT2D eigenvalue weighted by atomic mass is 10.2. The van der Waals surface area contributed by atoms with Gasteiger partial charge in [-0.15, -0.1) is 24.0 Å². The molecule has 0 saturated carbocycles. The fourth-order valence-electron chi connectivity index (χ4n) is 1.73. The van der Waals surface area contributed by atoms with E-state index in [2.05, 4.69) is 15.6 Å². The van der Waals surface area contributed by atoms with Crippen LogP contribution >= 0.6 is 35.6 Å². The molecule has 0 radical (unpaired) electrons. The number of aliphatic imine (C=N–C) groups is 1. The van der Waals surface area contributed by atoms with Crippen molar-refractivity contribution in [2.45, 2.75) is 20.4 Å². The SMILES string of the molecule is CCNC(=NCc1ccc(Cl)cc1OCC)NCCOC.I. The molecule has 2 N–H and O–H groups in total. The molecule has 7 heteroatoms. The fraction of sp³-hybridized carbons (Fsp3) is 0.533. The number of ether oxygens (including phenoxy) is 2. The minimum absolute atomic E-state index is 0. The van der Waals surface area contributed by atoms with Crippen molar-refractivity contribution in [3.8, 4) is 5.75 Å². The molecule has 0 unspecified atom stereocenters. The molecule has 0 aromatic heterocycles. The first-order valence-corrected chi connectivity index (χ1v) is 7.51. The topological polar surface area (TPSA) is 54.9 Å². The number of methoxy groups -OCH3 is 1. The second kappa shape index (κ2) is 12.8. The highest BCUT2D eigenvalue weighted by Crippen LogP contribution is 2.24. The van der Waals surface area contributed by atoms with Crippen LogP contribution in [0.5, 0.6) is 5.75 Å². The Morgan fingerprint density at radius 2 is 2.05 bits per heavy atom. The summed E-state index contributed by atoms with van der Waals surface area (Å²) in [5.41, 5.74) is 1.00. The Bertz CT molecular complexity index is 458. The predicted octanol–water partition coefficient (Wildman–Crippen LogP) is 3.06. The average Bonchev–Trinajstić information content (AvgIpc) is 2.47. The molecule has 1 aromatic carbocycles. The van der Waals surface area contributed by atoms with Crippen LogP contribution in [-0.4, -0.2) is 39.4 Å². The zero-order valence-corrected chi connectivity index (χ0v) is 16.4. The van der Waals surface area contributed by atoms with E-state index in [0.717, 1.165) is 23.8 Å². The maximum atomic E-state index is 6.00. The Labute approximate surface area is 154 Å². The van der Waals surface area contributed by atoms with Gasteiger partial charge in [0.05, 0.1) is 19.8 Å². The van der Waals surface area contributed by atoms with E-state index >= 15 is 0 Å². The summed E-state index contributed by atoms with van der Waals surface area (Å²) in [6, 6.07) is 5.61. The van der Waals surface area contributed by atoms with Crippen LogP contribution in [0.3, 0.4) is 0 Å². The summed E-state index contributed by atoms with van der Waals surface area (Å²) in [5, 5.41) is 7.06. The maximum Gasteiger partial charge on any atom is 0.191 e. The third-order valence-corrected chi connectivity index (χ3v) is 2.91. The summed E-state index contributed by atoms with van der Waals surface area (Å²) in [6.45, 7) is 7.25. The number of guanidine groups is 1. The first kappa shape index (κ1) is 21.3. The molecule has 0 spiro atoms. The van der Waals surface area contributed by atoms with Gasteiger partial charge in [-0.1, -0.05) is 17.7 Å². The maximum absolute atomic E-state index is 6.00. The van der Waals surface area contributed by atoms with Crippen molar-refractivity contribution in [1.82, 2.24) is 10.6 Å². The number of benzene rings is 1. The molecule has 0 amide bonds. The Balaban J connectivity index is 0.00000441. The second-order valence-corrected chi connectivity index (χ2v) is 4.74. The molecule has 0 saturated heterocycles. The monoisotopic (exact) mass is 441 g/mol. The zero-order chi connectivity index (χ0) is 15.5. The number of nitrogens with zero attached hydrogens (tertiary/aromatic N) is 1. The van der Waals surface area contributed by atoms with Gasteiger partial charge >= 0.3 is 0 Å². The Morgan fingerprint density at radius 1 is 1.27 bits per heavy atom. The predicted molar refractivity (Wildman–Crippen MR) is 103 cm³/mol. The van der Waals surface area contributed by atoms with Gasteiger partial charge in [-0.2, -0.15) is 0 Å². The molecule has 1 aromatic rings. The standard InChI is InChI=1S/C15H24ClN3O2.HI/c1-4-17-15(18-8-9-20-3)19-11-12-6-7-13(16)10-14(12)21-5-2;/h6-7,10H,4-5,8-9,11H2,1-3H3,(H2,17,18,19);1H. The molecule has 126 valence electrons. The lowest BCUT2D eigenvalue weighted by molar-refractivity contribution is 0.203. The van der Waals surface area contributed by atoms with Gasteiger partial charge < -0.3 is 20.1 Å². The highest BCUT2D eigenvalue weighted by Gasteiger charge is 2.05. The van der Waals surface area contributed by atoms with Gasteiger partial charge in [-0.25, -0.2) is 4.99 Å². The lowest BCUT2D eigenvalue weighted by Crippen LogP contribution is -2.38. The highest BCUT2D eigenvalue weighted by atomic mass is 127. The number of hydrogen-bond donors (Lipinski definition) is 2. The summed E-state index contributed by atoms with van der Waals surface area (Å²) < 4.78 is 10.6. The van der Waals surface area contributed by atoms with Crippen molar-refractivity contribution >= 4 is 41.5 Å². The van der Waals surface area contributed by atoms with E-state index in [9.17, 15) is 0 Å². The molecular weight excluding hydrogens is 417 g/mol. The van der Waals surface area contributed by atoms with Crippen molar-refractivity contribution in [3.05, 3.63) is 28.8 Å². The molecule has 0 aliphatic rings. The Hall–Kier alpha value is -0.730. The first-order valence-electron chi connectivity index (χ1n) is 7.13. The highest BCUT2D eigenvalue weighted by molar-refractivity contribution is 14.0. The molecular formula is C15H25ClIN3O2. The van der Waals surface area contributed by atoms with Crippen molar-refractivity contribution < 1.29 is 9.47 Å². The quantitative estimate of drug-likeness (QED) is 0.282. The number of nitrogens with one attached hydrogen (secondary N) is 2. The molecule has 0 fully saturated rings. The van der Waals surface area contributed by atoms with Gasteiger partial charge in [0, 0.05) is 30.8 Å². The molecule has 0 aliphatic carbocycles. The number of hydrogen-bond acceptors (Lipinski definition) is 3. The van der Waals surface area contributed by atoms with E-state index in [1.54, 1.807) is 7.11 Å². The van der Waals surface area contributed by atoms with E-state index in [1.165, 1.54) is 0 Å². The summed E-state index contributed by atoms with van der Waals surface area (Å²) in [5.74, 6) is 1.54. The van der Waals surface area contributed by atoms with Crippen molar-refractivity contribution in [2.24, 2.45) is 4.99 Å². The number of halogens is 2. The summed E-state index contributed by atoms with van der Waals surface area (Å²) >= 11 is 6.00. The molecule has 0 bridgehead atoms. The van der Waals surface area contributed by atoms with Gasteiger partial charge in [-0.05, 0) is 26.0 Å². The van der Waals surface area contributed by atoms with Crippen molar-refractivity contribution in [2.75, 3.05) is 33.4 Å². The van der Waals surface area contributed by atoms with Gasteiger partial charge in [0.25, 0.3) is 0 Å². The summed E-state index contributed by atoms with van der Waals surface area (Å²) in [7, 11) is 1.67. The van der Waals surface area contributed by atoms with Gasteiger partial charge in [0.2, 0.25) is 0 Å². The normalized spacial score (nSPS) is 10.8. The summed E-state index contributed by atoms with van der Waals surface area (Å²) in [4.78, 5) is 4.54. The van der Waals surface area contributed by atoms with Crippen LogP contribution < -0.4 is 15.4 Å². The van der Waals surface area contributed by atoms with Crippen molar-refractivity contribution in [3.63, 3.8) is 0 Å². The van der Waals surface area contributed by atoms with Crippen LogP contribution in [0.4, 0.5) is 0 Å². The Kier molecular flexibility index (Phi) is 12.4. The van der Waals surface area contributed by atoms with Crippen LogP contribution in [0, 0.1) is 0 Å². The van der Waals surface area contributed by atoms with Gasteiger partial charge in [0.1, 0.15) is 5.75 Å². The summed E-state index contributed by atoms with van der Waals surface area (Å²) in [6.07, 6.45) is 0. The van der Waals surface area contributed by atoms with Crippen LogP contribution in [0.1, 0.15) is 19.4 Å². The third kappa shape index (κ3) is 8.05. The molecule has 22 heavy (non-hydrogen) atoms. The Morgan fingerprint density at radius 3 is 2.68 bits per heavy atom. The molecule has 5 nitrogen and oxygen atoms in total. The van der Waals surface area contributed by atoms with E-state index in [-0.39, 0.29) is 24.0 Å². The molecule has 1 rings (SSSR count). The second-order valence-electron chi connectivity index (χ2n) is 4.30. The van der Waals surface area contributed by atoms with E-state index < -0.39 is 0 Å². The van der Waals surface area contributed by atoms with Gasteiger partial charge in [-0.3, -0.25) is 0 Å². The van der Waals surface area contributed by atoms with Crippen LogP contribution in [0.2, 0.25) is 5.02 Å². The zero-order valence-electron chi connectivity index (χ0n) is 13.3. The van der Waals surface area contributed by atoms with Crippen molar-refractivity contribution in [1.29, 1.82) is 0 Å². The fourth-order valence-corrected chi connectivity index (χ4v) is 1.89. The molecule has 0 atom stereocenters. The van der Waals surface area contributed by atoms with Crippen LogP contribution in [0.25, 0.3) is 0 Å². The minimum Gasteiger partial charge on any atom is -0.493 e. The largest absolute Gasteiger partial charge is 0.493 e.